The van der Waals surface area contributed by atoms with Gasteiger partial charge in [-0.05, 0) is 0 Å². The molecule has 0 spiro atoms. The van der Waals surface area contributed by atoms with Gasteiger partial charge in [0, 0.05) is 0 Å². The molecule has 0 aromatic carbocycles. The van der Waals surface area contributed by atoms with Crippen LogP contribution < -0.4 is 15.9 Å². The van der Waals surface area contributed by atoms with Gasteiger partial charge in [-0.1, -0.05) is 11.6 Å². The average Bonchev–Trinajstić information content (AvgIpc) is 1.84. The first kappa shape index (κ1) is 8.77. The minimum atomic E-state index is -1.84. The van der Waals surface area contributed by atoms with Gasteiger partial charge in [0.25, 0.3) is 0 Å². The lowest BCUT2D eigenvalue weighted by atomic mass is 10.4. The van der Waals surface area contributed by atoms with Crippen LogP contribution in [0.4, 0.5) is 0 Å². The summed E-state index contributed by atoms with van der Waals surface area (Å²) >= 11 is 4.83. The molecule has 0 aromatic heterocycles. The van der Waals surface area contributed by atoms with E-state index in [0.717, 1.165) is 0 Å². The molecule has 0 aromatic rings. The summed E-state index contributed by atoms with van der Waals surface area (Å²) < 4.78 is 0. The first-order valence-corrected chi connectivity index (χ1v) is 2.42. The van der Waals surface area contributed by atoms with E-state index in [1.807, 2.05) is 0 Å². The van der Waals surface area contributed by atoms with Crippen LogP contribution in [0, 0.1) is 0 Å². The second-order valence-corrected chi connectivity index (χ2v) is 1.68. The molecule has 0 atom stereocenters. The van der Waals surface area contributed by atoms with E-state index < -0.39 is 22.7 Å². The van der Waals surface area contributed by atoms with Crippen LogP contribution in [0.2, 0.25) is 0 Å². The Hall–Kier alpha value is -1.23. The summed E-state index contributed by atoms with van der Waals surface area (Å²) in [7, 11) is 0. The standard InChI is InChI=1S/C4H4ClNO4/c5-1(3(7)8)2(6)4(9)10/h6H2,(H,7,8)(H,9,10)/p-2/b2-1+. The molecule has 0 saturated heterocycles. The number of carbonyl (C=O) groups is 2. The summed E-state index contributed by atoms with van der Waals surface area (Å²) in [6, 6.07) is 0. The third kappa shape index (κ3) is 1.94. The lowest BCUT2D eigenvalue weighted by Crippen LogP contribution is -2.33. The van der Waals surface area contributed by atoms with Gasteiger partial charge < -0.3 is 25.5 Å². The van der Waals surface area contributed by atoms with Crippen molar-refractivity contribution in [2.75, 3.05) is 0 Å². The molecule has 0 rings (SSSR count). The first-order valence-electron chi connectivity index (χ1n) is 2.04. The highest BCUT2D eigenvalue weighted by Gasteiger charge is 2.00. The van der Waals surface area contributed by atoms with Gasteiger partial charge in [-0.25, -0.2) is 0 Å². The number of carbonyl (C=O) groups excluding carboxylic acids is 2. The predicted octanol–water partition coefficient (Wildman–Crippen LogP) is -3.10. The zero-order valence-electron chi connectivity index (χ0n) is 4.59. The number of carboxylic acids is 2. The van der Waals surface area contributed by atoms with Gasteiger partial charge in [0.15, 0.2) is 0 Å². The van der Waals surface area contributed by atoms with Crippen molar-refractivity contribution in [3.63, 3.8) is 0 Å². The van der Waals surface area contributed by atoms with Gasteiger partial charge in [-0.15, -0.1) is 0 Å². The summed E-state index contributed by atoms with van der Waals surface area (Å²) in [5, 5.41) is 18.5. The number of hydrogen-bond donors (Lipinski definition) is 1. The normalized spacial score (nSPS) is 12.1. The monoisotopic (exact) mass is 163 g/mol. The predicted molar refractivity (Wildman–Crippen MR) is 27.1 cm³/mol. The molecule has 0 saturated carbocycles. The van der Waals surface area contributed by atoms with Gasteiger partial charge in [0.2, 0.25) is 0 Å². The molecule has 5 nitrogen and oxygen atoms in total. The van der Waals surface area contributed by atoms with E-state index >= 15 is 0 Å². The van der Waals surface area contributed by atoms with Crippen LogP contribution in [0.5, 0.6) is 0 Å². The maximum absolute atomic E-state index is 9.78. The van der Waals surface area contributed by atoms with E-state index in [0.29, 0.717) is 0 Å². The Labute approximate surface area is 60.7 Å². The highest BCUT2D eigenvalue weighted by Crippen LogP contribution is 2.01. The molecule has 0 radical (unpaired) electrons. The first-order chi connectivity index (χ1) is 4.46. The number of halogens is 1. The second kappa shape index (κ2) is 3.07. The molecule has 56 valence electrons. The van der Waals surface area contributed by atoms with Crippen LogP contribution in [0.1, 0.15) is 0 Å². The topological polar surface area (TPSA) is 106 Å². The van der Waals surface area contributed by atoms with Crippen LogP contribution in [0.25, 0.3) is 0 Å². The third-order valence-electron chi connectivity index (χ3n) is 0.636. The lowest BCUT2D eigenvalue weighted by Gasteiger charge is -2.05. The van der Waals surface area contributed by atoms with Crippen LogP contribution in [0.3, 0.4) is 0 Å². The Balaban J connectivity index is 4.67. The minimum absolute atomic E-state index is 1.04. The van der Waals surface area contributed by atoms with E-state index in [1.54, 1.807) is 0 Å². The Morgan fingerprint density at radius 1 is 1.20 bits per heavy atom. The summed E-state index contributed by atoms with van der Waals surface area (Å²) in [4.78, 5) is 19.5. The van der Waals surface area contributed by atoms with E-state index in [-0.39, 0.29) is 0 Å². The summed E-state index contributed by atoms with van der Waals surface area (Å²) in [5.41, 5.74) is 3.59. The van der Waals surface area contributed by atoms with Crippen LogP contribution in [-0.4, -0.2) is 11.9 Å². The fraction of sp³-hybridized carbons (Fsp3) is 0. The molecule has 0 heterocycles. The fourth-order valence-electron chi connectivity index (χ4n) is 0.200. The van der Waals surface area contributed by atoms with Gasteiger partial charge >= 0.3 is 0 Å². The van der Waals surface area contributed by atoms with Gasteiger partial charge in [-0.2, -0.15) is 0 Å². The molecular weight excluding hydrogens is 162 g/mol. The van der Waals surface area contributed by atoms with E-state index in [4.69, 9.17) is 11.6 Å². The average molecular weight is 164 g/mol. The zero-order chi connectivity index (χ0) is 8.31. The zero-order valence-corrected chi connectivity index (χ0v) is 5.34. The Morgan fingerprint density at radius 3 is 1.70 bits per heavy atom. The van der Waals surface area contributed by atoms with Gasteiger partial charge in [0.05, 0.1) is 22.7 Å². The molecule has 2 N–H and O–H groups in total. The van der Waals surface area contributed by atoms with E-state index in [1.165, 1.54) is 0 Å². The second-order valence-electron chi connectivity index (χ2n) is 1.30. The van der Waals surface area contributed by atoms with Crippen molar-refractivity contribution < 1.29 is 19.8 Å². The van der Waals surface area contributed by atoms with Crippen molar-refractivity contribution >= 4 is 23.5 Å². The lowest BCUT2D eigenvalue weighted by molar-refractivity contribution is -0.303. The molecule has 10 heavy (non-hydrogen) atoms. The summed E-state index contributed by atoms with van der Waals surface area (Å²) in [6.45, 7) is 0. The third-order valence-corrected chi connectivity index (χ3v) is 0.993. The van der Waals surface area contributed by atoms with Crippen molar-refractivity contribution in [3.05, 3.63) is 10.7 Å². The van der Waals surface area contributed by atoms with Crippen molar-refractivity contribution in [2.45, 2.75) is 0 Å². The quantitative estimate of drug-likeness (QED) is 0.434. The van der Waals surface area contributed by atoms with Crippen molar-refractivity contribution in [2.24, 2.45) is 5.73 Å². The summed E-state index contributed by atoms with van der Waals surface area (Å²) in [5.74, 6) is -3.68. The number of hydrogen-bond acceptors (Lipinski definition) is 5. The molecule has 0 amide bonds. The smallest absolute Gasteiger partial charge is 0.0888 e. The Kier molecular flexibility index (Phi) is 2.69. The van der Waals surface area contributed by atoms with Crippen molar-refractivity contribution in [1.29, 1.82) is 0 Å². The van der Waals surface area contributed by atoms with Crippen molar-refractivity contribution in [1.82, 2.24) is 0 Å². The maximum Gasteiger partial charge on any atom is 0.0888 e. The Bertz CT molecular complexity index is 187. The van der Waals surface area contributed by atoms with E-state index in [9.17, 15) is 19.8 Å². The van der Waals surface area contributed by atoms with Crippen LogP contribution >= 0.6 is 11.6 Å². The fourth-order valence-corrected chi connectivity index (χ4v) is 0.277. The van der Waals surface area contributed by atoms with Gasteiger partial charge in [-0.3, -0.25) is 0 Å². The highest BCUT2D eigenvalue weighted by atomic mass is 35.5. The highest BCUT2D eigenvalue weighted by molar-refractivity contribution is 6.42. The number of rotatable bonds is 2. The molecule has 0 unspecified atom stereocenters. The molecule has 0 aliphatic heterocycles. The SMILES string of the molecule is N/C(C(=O)[O-])=C(/Cl)C(=O)[O-]. The largest absolute Gasteiger partial charge is 0.544 e. The van der Waals surface area contributed by atoms with Crippen LogP contribution in [-0.2, 0) is 9.59 Å². The summed E-state index contributed by atoms with van der Waals surface area (Å²) in [6.07, 6.45) is 0. The number of carboxylic acid groups (broad SMARTS) is 2. The molecular formula is C4H2ClNO4-2. The number of nitrogens with two attached hydrogens (primary N) is 1. The molecule has 0 bridgehead atoms. The van der Waals surface area contributed by atoms with Crippen molar-refractivity contribution in [3.8, 4) is 0 Å². The number of aliphatic carboxylic acids is 2. The van der Waals surface area contributed by atoms with E-state index in [2.05, 4.69) is 5.73 Å². The molecule has 0 aliphatic carbocycles. The maximum atomic E-state index is 9.78. The molecule has 6 heteroatoms. The van der Waals surface area contributed by atoms with Crippen LogP contribution in [0.15, 0.2) is 10.7 Å². The minimum Gasteiger partial charge on any atom is -0.544 e. The molecule has 0 fully saturated rings. The molecule has 0 aliphatic rings. The Morgan fingerprint density at radius 2 is 1.60 bits per heavy atom. The van der Waals surface area contributed by atoms with Gasteiger partial charge in [0.1, 0.15) is 0 Å².